The van der Waals surface area contributed by atoms with E-state index in [2.05, 4.69) is 19.9 Å². The average molecular weight is 569 g/mol. The normalized spacial score (nSPS) is 13.6. The van der Waals surface area contributed by atoms with Crippen LogP contribution in [0.25, 0.3) is 22.3 Å². The van der Waals surface area contributed by atoms with E-state index in [-0.39, 0.29) is 12.8 Å². The monoisotopic (exact) mass is 568 g/mol. The molecule has 0 aliphatic carbocycles. The minimum atomic E-state index is -0.740. The Morgan fingerprint density at radius 1 is 0.357 bits per heavy atom. The molecule has 0 saturated carbocycles. The number of carbonyl (C=O) groups is 6. The molecule has 6 rings (SSSR count). The number of imide groups is 4. The number of rotatable bonds is 2. The van der Waals surface area contributed by atoms with Crippen molar-refractivity contribution in [2.24, 2.45) is 0 Å². The molecule has 4 aromatic rings. The molecule has 8 amide bonds. The van der Waals surface area contributed by atoms with Gasteiger partial charge in [0.25, 0.3) is 0 Å². The van der Waals surface area contributed by atoms with Crippen LogP contribution in [0.1, 0.15) is 12.8 Å². The Kier molecular flexibility index (Phi) is 11.6. The molecule has 14 heteroatoms. The van der Waals surface area contributed by atoms with Gasteiger partial charge in [0.15, 0.2) is 0 Å². The molecule has 0 radical (unpaired) electrons. The fraction of sp³-hybridized carbons (Fsp3) is 0.0714. The zero-order valence-electron chi connectivity index (χ0n) is 21.9. The van der Waals surface area contributed by atoms with Gasteiger partial charge in [-0.15, -0.1) is 0 Å². The van der Waals surface area contributed by atoms with Crippen molar-refractivity contribution in [3.8, 4) is 22.3 Å². The van der Waals surface area contributed by atoms with E-state index >= 15 is 0 Å². The molecule has 0 aromatic carbocycles. The second-order valence-corrected chi connectivity index (χ2v) is 8.15. The highest BCUT2D eigenvalue weighted by Crippen LogP contribution is 2.16. The van der Waals surface area contributed by atoms with Crippen LogP contribution in [0.5, 0.6) is 0 Å². The van der Waals surface area contributed by atoms with E-state index in [9.17, 15) is 28.8 Å². The predicted octanol–water partition coefficient (Wildman–Crippen LogP) is 1.77. The molecule has 6 heterocycles. The number of carbonyl (C=O) groups excluding carboxylic acids is 6. The van der Waals surface area contributed by atoms with E-state index < -0.39 is 35.7 Å². The van der Waals surface area contributed by atoms with Gasteiger partial charge < -0.3 is 0 Å². The van der Waals surface area contributed by atoms with Gasteiger partial charge >= 0.3 is 12.1 Å². The van der Waals surface area contributed by atoms with Gasteiger partial charge in [0.05, 0.1) is 0 Å². The Hall–Kier alpha value is -6.18. The number of hydrogen-bond acceptors (Lipinski definition) is 10. The van der Waals surface area contributed by atoms with Crippen LogP contribution >= 0.6 is 0 Å². The molecule has 2 fully saturated rings. The zero-order valence-corrected chi connectivity index (χ0v) is 21.9. The first-order chi connectivity index (χ1) is 20.3. The van der Waals surface area contributed by atoms with Gasteiger partial charge in [-0.25, -0.2) is 9.59 Å². The standard InChI is InChI=1S/2C10H8N2.2C4H4N2O3/c2*1-5-11-6-2-9(1)10-3-7-12-8-4-10;2*7-2-1-3(8)6-4(9)5-2/h2*1-8H;2*1H2,(H2,5,6,7,8,9). The summed E-state index contributed by atoms with van der Waals surface area (Å²) in [4.78, 5) is 77.4. The molecule has 0 bridgehead atoms. The van der Waals surface area contributed by atoms with Crippen LogP contribution in [0.15, 0.2) is 98.1 Å². The SMILES string of the molecule is O=C1CC(=O)NC(=O)N1.O=C1CC(=O)NC(=O)N1.c1cc(-c2ccncc2)ccn1.c1cc(-c2ccncc2)ccn1. The molecule has 212 valence electrons. The van der Waals surface area contributed by atoms with Crippen LogP contribution in [0.2, 0.25) is 0 Å². The lowest BCUT2D eigenvalue weighted by Crippen LogP contribution is -2.49. The molecule has 0 unspecified atom stereocenters. The van der Waals surface area contributed by atoms with Gasteiger partial charge in [-0.1, -0.05) is 0 Å². The van der Waals surface area contributed by atoms with Gasteiger partial charge in [-0.05, 0) is 70.8 Å². The van der Waals surface area contributed by atoms with Crippen molar-refractivity contribution in [2.75, 3.05) is 0 Å². The Balaban J connectivity index is 0.000000155. The maximum Gasteiger partial charge on any atom is 0.328 e. The highest BCUT2D eigenvalue weighted by Gasteiger charge is 2.20. The Morgan fingerprint density at radius 3 is 0.714 bits per heavy atom. The van der Waals surface area contributed by atoms with Crippen molar-refractivity contribution in [1.29, 1.82) is 0 Å². The maximum atomic E-state index is 10.3. The molecule has 4 N–H and O–H groups in total. The second-order valence-electron chi connectivity index (χ2n) is 8.15. The molecular weight excluding hydrogens is 544 g/mol. The number of nitrogens with zero attached hydrogens (tertiary/aromatic N) is 4. The number of urea groups is 2. The van der Waals surface area contributed by atoms with E-state index in [0.717, 1.165) is 0 Å². The Morgan fingerprint density at radius 2 is 0.548 bits per heavy atom. The summed E-state index contributed by atoms with van der Waals surface area (Å²) in [5, 5.41) is 7.60. The van der Waals surface area contributed by atoms with E-state index in [4.69, 9.17) is 0 Å². The predicted molar refractivity (Wildman–Crippen MR) is 148 cm³/mol. The molecule has 14 nitrogen and oxygen atoms in total. The summed E-state index contributed by atoms with van der Waals surface area (Å²) >= 11 is 0. The number of amides is 8. The molecule has 2 aliphatic heterocycles. The lowest BCUT2D eigenvalue weighted by atomic mass is 10.1. The summed E-state index contributed by atoms with van der Waals surface area (Å²) in [6.45, 7) is 0. The van der Waals surface area contributed by atoms with Crippen molar-refractivity contribution in [3.05, 3.63) is 98.1 Å². The topological polar surface area (TPSA) is 202 Å². The minimum absolute atomic E-state index is 0.258. The second kappa shape index (κ2) is 16.0. The smallest absolute Gasteiger partial charge is 0.277 e. The van der Waals surface area contributed by atoms with Crippen LogP contribution in [0.4, 0.5) is 9.59 Å². The molecule has 2 saturated heterocycles. The van der Waals surface area contributed by atoms with Crippen molar-refractivity contribution in [3.63, 3.8) is 0 Å². The quantitative estimate of drug-likeness (QED) is 0.258. The number of aromatic nitrogens is 4. The van der Waals surface area contributed by atoms with Crippen LogP contribution in [-0.4, -0.2) is 55.6 Å². The van der Waals surface area contributed by atoms with Crippen LogP contribution in [0.3, 0.4) is 0 Å². The molecular formula is C28H24N8O6. The first-order valence-corrected chi connectivity index (χ1v) is 12.2. The van der Waals surface area contributed by atoms with Crippen molar-refractivity contribution in [2.45, 2.75) is 12.8 Å². The zero-order chi connectivity index (χ0) is 30.2. The van der Waals surface area contributed by atoms with Crippen molar-refractivity contribution < 1.29 is 28.8 Å². The van der Waals surface area contributed by atoms with Gasteiger partial charge in [-0.3, -0.25) is 60.4 Å². The van der Waals surface area contributed by atoms with E-state index in [1.54, 1.807) is 49.6 Å². The molecule has 0 atom stereocenters. The summed E-state index contributed by atoms with van der Waals surface area (Å²) in [6, 6.07) is 14.4. The fourth-order valence-corrected chi connectivity index (χ4v) is 3.21. The molecule has 42 heavy (non-hydrogen) atoms. The summed E-state index contributed by atoms with van der Waals surface area (Å²) in [7, 11) is 0. The van der Waals surface area contributed by atoms with Gasteiger partial charge in [0, 0.05) is 49.6 Å². The third-order valence-electron chi connectivity index (χ3n) is 5.04. The Bertz CT molecular complexity index is 1240. The molecule has 0 spiro atoms. The third-order valence-corrected chi connectivity index (χ3v) is 5.04. The first-order valence-electron chi connectivity index (χ1n) is 12.2. The van der Waals surface area contributed by atoms with Gasteiger partial charge in [-0.2, -0.15) is 0 Å². The van der Waals surface area contributed by atoms with Crippen LogP contribution < -0.4 is 21.3 Å². The summed E-state index contributed by atoms with van der Waals surface area (Å²) < 4.78 is 0. The van der Waals surface area contributed by atoms with E-state index in [1.165, 1.54) is 22.3 Å². The number of pyridine rings is 4. The number of nitrogens with one attached hydrogen (secondary N) is 4. The van der Waals surface area contributed by atoms with Crippen LogP contribution in [-0.2, 0) is 19.2 Å². The highest BCUT2D eigenvalue weighted by molar-refractivity contribution is 6.14. The largest absolute Gasteiger partial charge is 0.328 e. The van der Waals surface area contributed by atoms with E-state index in [0.29, 0.717) is 0 Å². The first kappa shape index (κ1) is 30.4. The summed E-state index contributed by atoms with van der Waals surface area (Å²) in [5.74, 6) is -2.21. The fourth-order valence-electron chi connectivity index (χ4n) is 3.21. The van der Waals surface area contributed by atoms with Gasteiger partial charge in [0.1, 0.15) is 12.8 Å². The molecule has 2 aliphatic rings. The Labute approximate surface area is 239 Å². The lowest BCUT2D eigenvalue weighted by Gasteiger charge is -2.09. The van der Waals surface area contributed by atoms with E-state index in [1.807, 2.05) is 69.8 Å². The molecule has 4 aromatic heterocycles. The highest BCUT2D eigenvalue weighted by atomic mass is 16.2. The van der Waals surface area contributed by atoms with Gasteiger partial charge in [0.2, 0.25) is 23.6 Å². The van der Waals surface area contributed by atoms with Crippen LogP contribution in [0, 0.1) is 0 Å². The summed E-state index contributed by atoms with van der Waals surface area (Å²) in [6.07, 6.45) is 13.8. The lowest BCUT2D eigenvalue weighted by molar-refractivity contribution is -0.131. The maximum absolute atomic E-state index is 10.3. The van der Waals surface area contributed by atoms with Crippen molar-refractivity contribution >= 4 is 35.7 Å². The average Bonchev–Trinajstić information content (AvgIpc) is 2.99. The minimum Gasteiger partial charge on any atom is -0.277 e. The third kappa shape index (κ3) is 10.9. The number of barbiturate groups is 2. The summed E-state index contributed by atoms with van der Waals surface area (Å²) in [5.41, 5.74) is 4.69. The number of hydrogen-bond donors (Lipinski definition) is 4. The van der Waals surface area contributed by atoms with Crippen molar-refractivity contribution in [1.82, 2.24) is 41.2 Å².